The standard InChI is InChI=1S/C31H53N5O6/c1-9-20-32-21-24(37)33-31(18-12-13-19-31)29(41)36(8)26(22-14-10-11-15-22)28(40)35(7)23(27(39)34(5)6)16-17-25(38)42-30(2,3)4/h16-17,22-23,26,32H,9-15,18-21H2,1-8H3,(H,33,37)/t23-,26-/m0/s1. The van der Waals surface area contributed by atoms with Gasteiger partial charge in [-0.2, -0.15) is 0 Å². The smallest absolute Gasteiger partial charge is 0.331 e. The van der Waals surface area contributed by atoms with Gasteiger partial charge in [0.15, 0.2) is 0 Å². The highest BCUT2D eigenvalue weighted by Crippen LogP contribution is 2.36. The average molecular weight is 592 g/mol. The number of rotatable bonds is 13. The molecular weight excluding hydrogens is 538 g/mol. The van der Waals surface area contributed by atoms with Crippen LogP contribution < -0.4 is 10.6 Å². The van der Waals surface area contributed by atoms with Crippen molar-refractivity contribution in [2.75, 3.05) is 41.3 Å². The Balaban J connectivity index is 2.37. The number of hydrogen-bond acceptors (Lipinski definition) is 7. The Morgan fingerprint density at radius 2 is 1.52 bits per heavy atom. The normalized spacial score (nSPS) is 18.4. The minimum atomic E-state index is -1.07. The topological polar surface area (TPSA) is 128 Å². The van der Waals surface area contributed by atoms with Crippen LogP contribution in [0, 0.1) is 5.92 Å². The summed E-state index contributed by atoms with van der Waals surface area (Å²) in [5.41, 5.74) is -1.77. The van der Waals surface area contributed by atoms with E-state index < -0.39 is 29.2 Å². The van der Waals surface area contributed by atoms with Gasteiger partial charge >= 0.3 is 5.97 Å². The van der Waals surface area contributed by atoms with Crippen molar-refractivity contribution in [2.45, 2.75) is 109 Å². The van der Waals surface area contributed by atoms with Gasteiger partial charge in [-0.05, 0) is 71.4 Å². The Kier molecular flexibility index (Phi) is 13.0. The molecule has 238 valence electrons. The number of carbonyl (C=O) groups is 5. The van der Waals surface area contributed by atoms with Crippen LogP contribution in [0.25, 0.3) is 0 Å². The molecule has 0 heterocycles. The Bertz CT molecular complexity index is 992. The van der Waals surface area contributed by atoms with Crippen LogP contribution in [0.4, 0.5) is 0 Å². The summed E-state index contributed by atoms with van der Waals surface area (Å²) in [5.74, 6) is -1.98. The number of nitrogens with zero attached hydrogens (tertiary/aromatic N) is 3. The second-order valence-electron chi connectivity index (χ2n) is 12.9. The molecule has 2 N–H and O–H groups in total. The molecule has 0 saturated heterocycles. The van der Waals surface area contributed by atoms with Gasteiger partial charge in [0, 0.05) is 34.3 Å². The van der Waals surface area contributed by atoms with E-state index in [9.17, 15) is 24.0 Å². The van der Waals surface area contributed by atoms with E-state index in [-0.39, 0.29) is 36.1 Å². The summed E-state index contributed by atoms with van der Waals surface area (Å²) < 4.78 is 5.35. The van der Waals surface area contributed by atoms with Crippen LogP contribution in [0.3, 0.4) is 0 Å². The Morgan fingerprint density at radius 3 is 2.05 bits per heavy atom. The van der Waals surface area contributed by atoms with Crippen molar-refractivity contribution in [1.29, 1.82) is 0 Å². The fraction of sp³-hybridized carbons (Fsp3) is 0.774. The zero-order chi connectivity index (χ0) is 31.7. The molecule has 0 radical (unpaired) electrons. The fourth-order valence-electron chi connectivity index (χ4n) is 5.97. The van der Waals surface area contributed by atoms with Crippen LogP contribution in [-0.4, -0.2) is 109 Å². The van der Waals surface area contributed by atoms with Crippen LogP contribution in [0.15, 0.2) is 12.2 Å². The third-order valence-electron chi connectivity index (χ3n) is 8.07. The highest BCUT2D eigenvalue weighted by Gasteiger charge is 2.48. The van der Waals surface area contributed by atoms with Crippen molar-refractivity contribution in [2.24, 2.45) is 5.92 Å². The van der Waals surface area contributed by atoms with Crippen molar-refractivity contribution >= 4 is 29.6 Å². The van der Waals surface area contributed by atoms with Gasteiger partial charge in [-0.3, -0.25) is 19.2 Å². The van der Waals surface area contributed by atoms with Crippen LogP contribution in [0.1, 0.15) is 85.5 Å². The maximum absolute atomic E-state index is 14.2. The van der Waals surface area contributed by atoms with E-state index in [1.54, 1.807) is 41.9 Å². The van der Waals surface area contributed by atoms with Crippen LogP contribution in [-0.2, 0) is 28.7 Å². The zero-order valence-corrected chi connectivity index (χ0v) is 27.0. The molecule has 11 heteroatoms. The number of hydrogen-bond donors (Lipinski definition) is 2. The number of amides is 4. The van der Waals surface area contributed by atoms with Gasteiger partial charge in [-0.25, -0.2) is 4.79 Å². The number of likely N-dealkylation sites (N-methyl/N-ethyl adjacent to an activating group) is 3. The van der Waals surface area contributed by atoms with E-state index in [1.807, 2.05) is 6.92 Å². The van der Waals surface area contributed by atoms with E-state index >= 15 is 0 Å². The molecule has 0 aliphatic heterocycles. The highest BCUT2D eigenvalue weighted by molar-refractivity contribution is 5.97. The van der Waals surface area contributed by atoms with Crippen molar-refractivity contribution in [1.82, 2.24) is 25.3 Å². The van der Waals surface area contributed by atoms with Crippen LogP contribution in [0.5, 0.6) is 0 Å². The van der Waals surface area contributed by atoms with E-state index in [4.69, 9.17) is 4.74 Å². The first-order valence-electron chi connectivity index (χ1n) is 15.3. The highest BCUT2D eigenvalue weighted by atomic mass is 16.6. The molecule has 42 heavy (non-hydrogen) atoms. The largest absolute Gasteiger partial charge is 0.457 e. The maximum Gasteiger partial charge on any atom is 0.331 e. The third kappa shape index (κ3) is 9.54. The zero-order valence-electron chi connectivity index (χ0n) is 27.0. The number of ether oxygens (including phenoxy) is 1. The maximum atomic E-state index is 14.2. The molecule has 0 aromatic heterocycles. The van der Waals surface area contributed by atoms with Gasteiger partial charge < -0.3 is 30.1 Å². The molecule has 11 nitrogen and oxygen atoms in total. The van der Waals surface area contributed by atoms with Crippen molar-refractivity contribution in [3.63, 3.8) is 0 Å². The summed E-state index contributed by atoms with van der Waals surface area (Å²) in [6, 6.07) is -1.89. The molecule has 2 atom stereocenters. The predicted octanol–water partition coefficient (Wildman–Crippen LogP) is 2.25. The fourth-order valence-corrected chi connectivity index (χ4v) is 5.97. The molecule has 2 rings (SSSR count). The quantitative estimate of drug-likeness (QED) is 0.191. The molecule has 2 aliphatic rings. The SMILES string of the molecule is CCCNCC(=O)NC1(C(=O)N(C)[C@H](C(=O)N(C)[C@@H](C=CC(=O)OC(C)(C)C)C(=O)N(C)C)C2CCCC2)CCCC1. The summed E-state index contributed by atoms with van der Waals surface area (Å²) >= 11 is 0. The Hall–Kier alpha value is -2.95. The first-order chi connectivity index (χ1) is 19.6. The monoisotopic (exact) mass is 591 g/mol. The summed E-state index contributed by atoms with van der Waals surface area (Å²) in [6.45, 7) is 8.08. The second-order valence-corrected chi connectivity index (χ2v) is 12.9. The summed E-state index contributed by atoms with van der Waals surface area (Å²) in [7, 11) is 6.33. The van der Waals surface area contributed by atoms with Crippen molar-refractivity contribution in [3.05, 3.63) is 12.2 Å². The van der Waals surface area contributed by atoms with E-state index in [0.29, 0.717) is 19.4 Å². The lowest BCUT2D eigenvalue weighted by Crippen LogP contribution is -2.63. The molecule has 0 aromatic rings. The van der Waals surface area contributed by atoms with Gasteiger partial charge in [-0.15, -0.1) is 0 Å². The van der Waals surface area contributed by atoms with Gasteiger partial charge in [0.1, 0.15) is 23.2 Å². The molecule has 2 aliphatic carbocycles. The Labute approximate surface area is 251 Å². The molecular formula is C31H53N5O6. The first kappa shape index (κ1) is 35.2. The van der Waals surface area contributed by atoms with Gasteiger partial charge in [0.2, 0.25) is 23.6 Å². The molecule has 0 bridgehead atoms. The lowest BCUT2D eigenvalue weighted by Gasteiger charge is -2.41. The summed E-state index contributed by atoms with van der Waals surface area (Å²) in [5, 5.41) is 6.10. The molecule has 0 spiro atoms. The van der Waals surface area contributed by atoms with Gasteiger partial charge in [0.25, 0.3) is 0 Å². The molecule has 2 saturated carbocycles. The third-order valence-corrected chi connectivity index (χ3v) is 8.07. The van der Waals surface area contributed by atoms with E-state index in [1.165, 1.54) is 33.9 Å². The van der Waals surface area contributed by atoms with Gasteiger partial charge in [0.05, 0.1) is 6.54 Å². The van der Waals surface area contributed by atoms with Crippen molar-refractivity contribution in [3.8, 4) is 0 Å². The molecule has 0 unspecified atom stereocenters. The number of nitrogens with one attached hydrogen (secondary N) is 2. The summed E-state index contributed by atoms with van der Waals surface area (Å²) in [4.78, 5) is 71.1. The average Bonchev–Trinajstić information content (AvgIpc) is 3.60. The predicted molar refractivity (Wildman–Crippen MR) is 161 cm³/mol. The van der Waals surface area contributed by atoms with Gasteiger partial charge in [-0.1, -0.05) is 32.6 Å². The Morgan fingerprint density at radius 1 is 0.929 bits per heavy atom. The first-order valence-corrected chi connectivity index (χ1v) is 15.3. The number of esters is 1. The number of carbonyl (C=O) groups excluding carboxylic acids is 5. The lowest BCUT2D eigenvalue weighted by atomic mass is 9.90. The van der Waals surface area contributed by atoms with Crippen molar-refractivity contribution < 1.29 is 28.7 Å². The lowest BCUT2D eigenvalue weighted by molar-refractivity contribution is -0.153. The molecule has 4 amide bonds. The second kappa shape index (κ2) is 15.5. The minimum absolute atomic E-state index is 0.0841. The van der Waals surface area contributed by atoms with E-state index in [0.717, 1.165) is 44.9 Å². The minimum Gasteiger partial charge on any atom is -0.457 e. The van der Waals surface area contributed by atoms with Crippen LogP contribution in [0.2, 0.25) is 0 Å². The molecule has 2 fully saturated rings. The van der Waals surface area contributed by atoms with E-state index in [2.05, 4.69) is 10.6 Å². The molecule has 0 aromatic carbocycles. The summed E-state index contributed by atoms with van der Waals surface area (Å²) in [6.07, 6.45) is 9.54. The van der Waals surface area contributed by atoms with Crippen LogP contribution >= 0.6 is 0 Å².